The molecule has 112 valence electrons. The Morgan fingerprint density at radius 1 is 1.14 bits per heavy atom. The van der Waals surface area contributed by atoms with Gasteiger partial charge in [-0.2, -0.15) is 0 Å². The van der Waals surface area contributed by atoms with Crippen molar-refractivity contribution in [3.63, 3.8) is 0 Å². The minimum absolute atomic E-state index is 0.272. The molecule has 6 nitrogen and oxygen atoms in total. The van der Waals surface area contributed by atoms with Gasteiger partial charge in [0.1, 0.15) is 5.82 Å². The van der Waals surface area contributed by atoms with E-state index in [4.69, 9.17) is 0 Å². The van der Waals surface area contributed by atoms with E-state index in [1.54, 1.807) is 12.3 Å². The maximum absolute atomic E-state index is 12.1. The summed E-state index contributed by atoms with van der Waals surface area (Å²) in [6.07, 6.45) is 2.66. The number of hydrogen-bond donors (Lipinski definition) is 2. The number of urea groups is 1. The third-order valence-electron chi connectivity index (χ3n) is 3.48. The monoisotopic (exact) mass is 295 g/mol. The Morgan fingerprint density at radius 3 is 2.77 bits per heavy atom. The van der Waals surface area contributed by atoms with Crippen molar-refractivity contribution in [2.24, 2.45) is 0 Å². The van der Waals surface area contributed by atoms with E-state index in [2.05, 4.69) is 27.8 Å². The van der Waals surface area contributed by atoms with E-state index in [0.717, 1.165) is 29.1 Å². The molecule has 0 aliphatic heterocycles. The number of aromatic nitrogens is 3. The second kappa shape index (κ2) is 5.85. The lowest BCUT2D eigenvalue weighted by Crippen LogP contribution is -2.20. The average Bonchev–Trinajstić information content (AvgIpc) is 2.89. The summed E-state index contributed by atoms with van der Waals surface area (Å²) >= 11 is 0. The molecule has 3 aromatic rings. The largest absolute Gasteiger partial charge is 0.323 e. The van der Waals surface area contributed by atoms with Crippen molar-refractivity contribution >= 4 is 23.1 Å². The van der Waals surface area contributed by atoms with Gasteiger partial charge >= 0.3 is 6.03 Å². The van der Waals surface area contributed by atoms with Crippen LogP contribution >= 0.6 is 0 Å². The second-order valence-electron chi connectivity index (χ2n) is 4.98. The van der Waals surface area contributed by atoms with Crippen molar-refractivity contribution in [1.29, 1.82) is 0 Å². The predicted octanol–water partition coefficient (Wildman–Crippen LogP) is 3.24. The summed E-state index contributed by atoms with van der Waals surface area (Å²) in [6, 6.07) is 11.1. The zero-order valence-electron chi connectivity index (χ0n) is 12.5. The zero-order chi connectivity index (χ0) is 15.5. The number of aryl methyl sites for hydroxylation is 2. The summed E-state index contributed by atoms with van der Waals surface area (Å²) in [7, 11) is 0. The van der Waals surface area contributed by atoms with Crippen LogP contribution in [0.15, 0.2) is 42.6 Å². The van der Waals surface area contributed by atoms with Gasteiger partial charge in [0.05, 0.1) is 5.69 Å². The van der Waals surface area contributed by atoms with Crippen LogP contribution in [-0.2, 0) is 6.42 Å². The van der Waals surface area contributed by atoms with Crippen LogP contribution in [0, 0.1) is 6.92 Å². The quantitative estimate of drug-likeness (QED) is 0.779. The van der Waals surface area contributed by atoms with Crippen LogP contribution in [0.4, 0.5) is 16.2 Å². The highest BCUT2D eigenvalue weighted by Gasteiger charge is 2.07. The minimum Gasteiger partial charge on any atom is -0.307 e. The Balaban J connectivity index is 1.76. The molecule has 0 atom stereocenters. The van der Waals surface area contributed by atoms with Gasteiger partial charge in [-0.15, -0.1) is 10.2 Å². The normalized spacial score (nSPS) is 10.6. The molecule has 0 saturated carbocycles. The van der Waals surface area contributed by atoms with Crippen LogP contribution in [0.2, 0.25) is 0 Å². The molecule has 2 aromatic heterocycles. The number of fused-ring (bicyclic) bond motifs is 1. The van der Waals surface area contributed by atoms with Gasteiger partial charge in [-0.3, -0.25) is 4.40 Å². The number of carbonyl (C=O) groups excluding carboxylic acids is 1. The number of hydrogen-bond acceptors (Lipinski definition) is 3. The fraction of sp³-hybridized carbons (Fsp3) is 0.188. The number of rotatable bonds is 3. The molecule has 2 amide bonds. The smallest absolute Gasteiger partial charge is 0.307 e. The lowest BCUT2D eigenvalue weighted by Gasteiger charge is -2.11. The van der Waals surface area contributed by atoms with Gasteiger partial charge in [0.15, 0.2) is 5.65 Å². The Bertz CT molecular complexity index is 824. The summed E-state index contributed by atoms with van der Waals surface area (Å²) in [5.41, 5.74) is 3.36. The molecule has 0 saturated heterocycles. The van der Waals surface area contributed by atoms with E-state index in [9.17, 15) is 4.79 Å². The van der Waals surface area contributed by atoms with Gasteiger partial charge < -0.3 is 10.6 Å². The molecule has 0 radical (unpaired) electrons. The van der Waals surface area contributed by atoms with Crippen LogP contribution in [0.3, 0.4) is 0 Å². The molecule has 0 fully saturated rings. The van der Waals surface area contributed by atoms with Crippen molar-refractivity contribution in [2.45, 2.75) is 20.3 Å². The van der Waals surface area contributed by atoms with Crippen molar-refractivity contribution in [3.05, 3.63) is 54.0 Å². The van der Waals surface area contributed by atoms with E-state index in [1.807, 2.05) is 41.7 Å². The van der Waals surface area contributed by atoms with Crippen LogP contribution in [0.25, 0.3) is 5.65 Å². The van der Waals surface area contributed by atoms with E-state index in [0.29, 0.717) is 5.69 Å². The molecular formula is C16H17N5O. The Morgan fingerprint density at radius 2 is 1.95 bits per heavy atom. The first-order valence-electron chi connectivity index (χ1n) is 7.14. The summed E-state index contributed by atoms with van der Waals surface area (Å²) < 4.78 is 1.83. The van der Waals surface area contributed by atoms with Gasteiger partial charge in [0.2, 0.25) is 0 Å². The number of carbonyl (C=O) groups is 1. The van der Waals surface area contributed by atoms with Gasteiger partial charge in [-0.05, 0) is 37.1 Å². The fourth-order valence-corrected chi connectivity index (χ4v) is 2.31. The number of nitrogens with zero attached hydrogens (tertiary/aromatic N) is 3. The summed E-state index contributed by atoms with van der Waals surface area (Å²) in [5.74, 6) is 0.774. The molecule has 2 heterocycles. The molecule has 0 spiro atoms. The number of amides is 2. The molecule has 0 aliphatic carbocycles. The first-order valence-corrected chi connectivity index (χ1v) is 7.14. The summed E-state index contributed by atoms with van der Waals surface area (Å²) in [6.45, 7) is 3.92. The zero-order valence-corrected chi connectivity index (χ0v) is 12.5. The SMILES string of the molecule is CCc1ccccc1NC(=O)Nc1ccc2nnc(C)n2c1. The summed E-state index contributed by atoms with van der Waals surface area (Å²) in [5, 5.41) is 13.7. The Hall–Kier alpha value is -2.89. The summed E-state index contributed by atoms with van der Waals surface area (Å²) in [4.78, 5) is 12.1. The van der Waals surface area contributed by atoms with E-state index >= 15 is 0 Å². The standard InChI is InChI=1S/C16H17N5O/c1-3-12-6-4-5-7-14(12)18-16(22)17-13-8-9-15-20-19-11(2)21(15)10-13/h4-10H,3H2,1-2H3,(H2,17,18,22). The van der Waals surface area contributed by atoms with Gasteiger partial charge in [-0.25, -0.2) is 4.79 Å². The molecular weight excluding hydrogens is 278 g/mol. The lowest BCUT2D eigenvalue weighted by molar-refractivity contribution is 0.262. The second-order valence-corrected chi connectivity index (χ2v) is 4.98. The van der Waals surface area contributed by atoms with Crippen LogP contribution in [0.1, 0.15) is 18.3 Å². The van der Waals surface area contributed by atoms with Gasteiger partial charge in [-0.1, -0.05) is 25.1 Å². The van der Waals surface area contributed by atoms with Crippen LogP contribution in [-0.4, -0.2) is 20.6 Å². The van der Waals surface area contributed by atoms with Crippen LogP contribution in [0.5, 0.6) is 0 Å². The minimum atomic E-state index is -0.272. The van der Waals surface area contributed by atoms with Crippen molar-refractivity contribution < 1.29 is 4.79 Å². The Labute approximate surface area is 128 Å². The highest BCUT2D eigenvalue weighted by molar-refractivity contribution is 6.00. The van der Waals surface area contributed by atoms with E-state index < -0.39 is 0 Å². The van der Waals surface area contributed by atoms with Crippen molar-refractivity contribution in [1.82, 2.24) is 14.6 Å². The molecule has 22 heavy (non-hydrogen) atoms. The highest BCUT2D eigenvalue weighted by atomic mass is 16.2. The van der Waals surface area contributed by atoms with Crippen LogP contribution < -0.4 is 10.6 Å². The van der Waals surface area contributed by atoms with Crippen molar-refractivity contribution in [2.75, 3.05) is 10.6 Å². The average molecular weight is 295 g/mol. The molecule has 2 N–H and O–H groups in total. The number of benzene rings is 1. The number of pyridine rings is 1. The third kappa shape index (κ3) is 2.76. The molecule has 0 aliphatic rings. The molecule has 3 rings (SSSR count). The molecule has 6 heteroatoms. The maximum Gasteiger partial charge on any atom is 0.323 e. The molecule has 1 aromatic carbocycles. The number of nitrogens with one attached hydrogen (secondary N) is 2. The highest BCUT2D eigenvalue weighted by Crippen LogP contribution is 2.16. The first kappa shape index (κ1) is 14.1. The van der Waals surface area contributed by atoms with E-state index in [-0.39, 0.29) is 6.03 Å². The molecule has 0 bridgehead atoms. The predicted molar refractivity (Wildman–Crippen MR) is 86.2 cm³/mol. The number of para-hydroxylation sites is 1. The van der Waals surface area contributed by atoms with Gasteiger partial charge in [0, 0.05) is 11.9 Å². The molecule has 0 unspecified atom stereocenters. The topological polar surface area (TPSA) is 71.3 Å². The Kier molecular flexibility index (Phi) is 3.74. The first-order chi connectivity index (χ1) is 10.7. The third-order valence-corrected chi connectivity index (χ3v) is 3.48. The van der Waals surface area contributed by atoms with E-state index in [1.165, 1.54) is 0 Å². The van der Waals surface area contributed by atoms with Gasteiger partial charge in [0.25, 0.3) is 0 Å². The fourth-order valence-electron chi connectivity index (χ4n) is 2.31. The maximum atomic E-state index is 12.1. The lowest BCUT2D eigenvalue weighted by atomic mass is 10.1. The number of anilines is 2. The van der Waals surface area contributed by atoms with Crippen molar-refractivity contribution in [3.8, 4) is 0 Å².